The van der Waals surface area contributed by atoms with Crippen molar-refractivity contribution in [3.05, 3.63) is 53.0 Å². The van der Waals surface area contributed by atoms with Gasteiger partial charge in [-0.25, -0.2) is 4.98 Å². The highest BCUT2D eigenvalue weighted by Gasteiger charge is 2.30. The van der Waals surface area contributed by atoms with Gasteiger partial charge in [0, 0.05) is 45.3 Å². The molecule has 0 aliphatic carbocycles. The number of aryl methyl sites for hydroxylation is 1. The summed E-state index contributed by atoms with van der Waals surface area (Å²) in [6.45, 7) is 7.60. The number of hydrogen-bond acceptors (Lipinski definition) is 7. The second kappa shape index (κ2) is 11.6. The highest BCUT2D eigenvalue weighted by molar-refractivity contribution is 7.18. The van der Waals surface area contributed by atoms with Crippen LogP contribution in [-0.2, 0) is 6.18 Å². The summed E-state index contributed by atoms with van der Waals surface area (Å²) >= 11 is 1.65. The fourth-order valence-electron chi connectivity index (χ4n) is 4.07. The SMILES string of the molecule is Cc1nc2cc(OCC(O)CN3CCN(CCCOc4ccc(C(F)(F)F)cc4)CC3)ccc2s1. The molecule has 6 nitrogen and oxygen atoms in total. The number of piperazine rings is 1. The zero-order chi connectivity index (χ0) is 24.8. The largest absolute Gasteiger partial charge is 0.494 e. The van der Waals surface area contributed by atoms with Gasteiger partial charge in [0.05, 0.1) is 27.4 Å². The molecule has 1 N–H and O–H groups in total. The summed E-state index contributed by atoms with van der Waals surface area (Å²) in [6, 6.07) is 10.6. The number of benzene rings is 2. The van der Waals surface area contributed by atoms with Crippen LogP contribution >= 0.6 is 11.3 Å². The summed E-state index contributed by atoms with van der Waals surface area (Å²) < 4.78 is 50.3. The number of halogens is 3. The average Bonchev–Trinajstić information content (AvgIpc) is 3.20. The Hall–Kier alpha value is -2.40. The quantitative estimate of drug-likeness (QED) is 0.408. The van der Waals surface area contributed by atoms with E-state index >= 15 is 0 Å². The molecular formula is C25H30F3N3O3S. The first-order valence-corrected chi connectivity index (χ1v) is 12.5. The molecule has 0 radical (unpaired) electrons. The van der Waals surface area contributed by atoms with E-state index in [1.165, 1.54) is 12.1 Å². The Kier molecular flexibility index (Phi) is 8.48. The van der Waals surface area contributed by atoms with E-state index in [-0.39, 0.29) is 6.61 Å². The minimum absolute atomic E-state index is 0.232. The fourth-order valence-corrected chi connectivity index (χ4v) is 4.88. The lowest BCUT2D eigenvalue weighted by Gasteiger charge is -2.35. The molecule has 1 fully saturated rings. The molecule has 0 spiro atoms. The van der Waals surface area contributed by atoms with Crippen LogP contribution in [0.2, 0.25) is 0 Å². The van der Waals surface area contributed by atoms with Gasteiger partial charge < -0.3 is 19.5 Å². The summed E-state index contributed by atoms with van der Waals surface area (Å²) in [5.74, 6) is 1.16. The minimum atomic E-state index is -4.33. The third-order valence-electron chi connectivity index (χ3n) is 5.91. The van der Waals surface area contributed by atoms with Crippen LogP contribution in [0.4, 0.5) is 13.2 Å². The van der Waals surface area contributed by atoms with Gasteiger partial charge in [0.25, 0.3) is 0 Å². The van der Waals surface area contributed by atoms with Gasteiger partial charge >= 0.3 is 6.18 Å². The van der Waals surface area contributed by atoms with Crippen molar-refractivity contribution in [2.45, 2.75) is 25.6 Å². The third-order valence-corrected chi connectivity index (χ3v) is 6.86. The van der Waals surface area contributed by atoms with E-state index in [9.17, 15) is 18.3 Å². The van der Waals surface area contributed by atoms with Crippen molar-refractivity contribution in [3.8, 4) is 11.5 Å². The number of fused-ring (bicyclic) bond motifs is 1. The van der Waals surface area contributed by atoms with Crippen LogP contribution in [0.5, 0.6) is 11.5 Å². The number of aliphatic hydroxyl groups excluding tert-OH is 1. The third kappa shape index (κ3) is 7.54. The summed E-state index contributed by atoms with van der Waals surface area (Å²) in [5.41, 5.74) is 0.243. The number of alkyl halides is 3. The van der Waals surface area contributed by atoms with Crippen molar-refractivity contribution in [1.29, 1.82) is 0 Å². The van der Waals surface area contributed by atoms with Crippen LogP contribution in [-0.4, -0.2) is 78.5 Å². The van der Waals surface area contributed by atoms with Crippen molar-refractivity contribution in [1.82, 2.24) is 14.8 Å². The van der Waals surface area contributed by atoms with E-state index in [2.05, 4.69) is 14.8 Å². The zero-order valence-electron chi connectivity index (χ0n) is 19.6. The second-order valence-electron chi connectivity index (χ2n) is 8.69. The Balaban J connectivity index is 1.09. The maximum atomic E-state index is 12.6. The molecule has 1 aliphatic heterocycles. The van der Waals surface area contributed by atoms with Gasteiger partial charge in [0.2, 0.25) is 0 Å². The van der Waals surface area contributed by atoms with Gasteiger partial charge in [-0.15, -0.1) is 11.3 Å². The van der Waals surface area contributed by atoms with Gasteiger partial charge in [-0.1, -0.05) is 0 Å². The molecule has 1 unspecified atom stereocenters. The lowest BCUT2D eigenvalue weighted by Crippen LogP contribution is -2.49. The van der Waals surface area contributed by atoms with Gasteiger partial charge in [-0.05, 0) is 49.7 Å². The second-order valence-corrected chi connectivity index (χ2v) is 9.93. The minimum Gasteiger partial charge on any atom is -0.494 e. The average molecular weight is 510 g/mol. The Bertz CT molecular complexity index is 1080. The summed E-state index contributed by atoms with van der Waals surface area (Å²) in [5, 5.41) is 11.4. The molecule has 2 aromatic carbocycles. The molecule has 4 rings (SSSR count). The van der Waals surface area contributed by atoms with Crippen molar-refractivity contribution < 1.29 is 27.8 Å². The van der Waals surface area contributed by atoms with Crippen LogP contribution in [0.15, 0.2) is 42.5 Å². The molecule has 1 saturated heterocycles. The molecule has 0 bridgehead atoms. The smallest absolute Gasteiger partial charge is 0.416 e. The maximum absolute atomic E-state index is 12.6. The van der Waals surface area contributed by atoms with E-state index in [1.54, 1.807) is 11.3 Å². The molecule has 1 aliphatic rings. The van der Waals surface area contributed by atoms with E-state index in [4.69, 9.17) is 9.47 Å². The predicted molar refractivity (Wildman–Crippen MR) is 130 cm³/mol. The Morgan fingerprint density at radius 1 is 1.00 bits per heavy atom. The normalized spacial score (nSPS) is 16.5. The summed E-state index contributed by atoms with van der Waals surface area (Å²) in [6.07, 6.45) is -4.12. The molecular weight excluding hydrogens is 479 g/mol. The number of rotatable bonds is 10. The van der Waals surface area contributed by atoms with E-state index in [0.717, 1.165) is 66.5 Å². The first-order chi connectivity index (χ1) is 16.8. The van der Waals surface area contributed by atoms with Crippen LogP contribution in [0.1, 0.15) is 17.0 Å². The van der Waals surface area contributed by atoms with Crippen molar-refractivity contribution in [3.63, 3.8) is 0 Å². The lowest BCUT2D eigenvalue weighted by molar-refractivity contribution is -0.137. The van der Waals surface area contributed by atoms with Crippen LogP contribution < -0.4 is 9.47 Å². The first-order valence-electron chi connectivity index (χ1n) is 11.7. The van der Waals surface area contributed by atoms with Gasteiger partial charge in [0.15, 0.2) is 0 Å². The zero-order valence-corrected chi connectivity index (χ0v) is 20.4. The number of β-amino-alcohol motifs (C(OH)–C–C–N with tert-alkyl or cyclic N) is 1. The first kappa shape index (κ1) is 25.7. The monoisotopic (exact) mass is 509 g/mol. The van der Waals surface area contributed by atoms with Crippen molar-refractivity contribution >= 4 is 21.6 Å². The molecule has 190 valence electrons. The molecule has 1 aromatic heterocycles. The number of nitrogens with zero attached hydrogens (tertiary/aromatic N) is 3. The summed E-state index contributed by atoms with van der Waals surface area (Å²) in [4.78, 5) is 9.04. The predicted octanol–water partition coefficient (Wildman–Crippen LogP) is 4.45. The van der Waals surface area contributed by atoms with Crippen molar-refractivity contribution in [2.24, 2.45) is 0 Å². The Morgan fingerprint density at radius 2 is 1.69 bits per heavy atom. The standard InChI is InChI=1S/C25H30F3N3O3S/c1-18-29-23-15-22(7-8-24(23)35-18)34-17-20(32)16-31-12-10-30(11-13-31)9-2-14-33-21-5-3-19(4-6-21)25(26,27)28/h3-8,15,20,32H,2,9-14,16-17H2,1H3. The molecule has 1 atom stereocenters. The number of ether oxygens (including phenoxy) is 2. The fraction of sp³-hybridized carbons (Fsp3) is 0.480. The van der Waals surface area contributed by atoms with E-state index in [0.29, 0.717) is 24.7 Å². The topological polar surface area (TPSA) is 58.1 Å². The summed E-state index contributed by atoms with van der Waals surface area (Å²) in [7, 11) is 0. The molecule has 10 heteroatoms. The van der Waals surface area contributed by atoms with Crippen molar-refractivity contribution in [2.75, 3.05) is 52.5 Å². The number of aliphatic hydroxyl groups is 1. The molecule has 2 heterocycles. The van der Waals surface area contributed by atoms with Crippen LogP contribution in [0.3, 0.4) is 0 Å². The lowest BCUT2D eigenvalue weighted by atomic mass is 10.2. The van der Waals surface area contributed by atoms with E-state index in [1.807, 2.05) is 25.1 Å². The number of hydrogen-bond donors (Lipinski definition) is 1. The molecule has 0 saturated carbocycles. The van der Waals surface area contributed by atoms with Crippen LogP contribution in [0, 0.1) is 6.92 Å². The number of thiazole rings is 1. The number of aromatic nitrogens is 1. The molecule has 35 heavy (non-hydrogen) atoms. The molecule has 0 amide bonds. The highest BCUT2D eigenvalue weighted by Crippen LogP contribution is 2.30. The van der Waals surface area contributed by atoms with Gasteiger partial charge in [-0.2, -0.15) is 13.2 Å². The maximum Gasteiger partial charge on any atom is 0.416 e. The Morgan fingerprint density at radius 3 is 2.40 bits per heavy atom. The Labute approximate surface area is 206 Å². The van der Waals surface area contributed by atoms with E-state index < -0.39 is 17.8 Å². The van der Waals surface area contributed by atoms with Crippen LogP contribution in [0.25, 0.3) is 10.2 Å². The highest BCUT2D eigenvalue weighted by atomic mass is 32.1. The molecule has 3 aromatic rings. The van der Waals surface area contributed by atoms with Gasteiger partial charge in [0.1, 0.15) is 24.2 Å². The van der Waals surface area contributed by atoms with Gasteiger partial charge in [-0.3, -0.25) is 4.90 Å².